The van der Waals surface area contributed by atoms with E-state index in [4.69, 9.17) is 0 Å². The highest BCUT2D eigenvalue weighted by Gasteiger charge is 2.24. The van der Waals surface area contributed by atoms with Crippen LogP contribution in [0.4, 0.5) is 0 Å². The highest BCUT2D eigenvalue weighted by molar-refractivity contribution is 5.73. The molecule has 1 atom stereocenters. The van der Waals surface area contributed by atoms with Gasteiger partial charge in [-0.2, -0.15) is 0 Å². The minimum Gasteiger partial charge on any atom is -0.340 e. The first-order valence-electron chi connectivity index (χ1n) is 6.56. The van der Waals surface area contributed by atoms with E-state index in [-0.39, 0.29) is 5.91 Å². The molecule has 17 heavy (non-hydrogen) atoms. The molecule has 1 unspecified atom stereocenters. The van der Waals surface area contributed by atoms with Crippen molar-refractivity contribution < 1.29 is 4.79 Å². The molecule has 2 rings (SSSR count). The Morgan fingerprint density at radius 1 is 1.35 bits per heavy atom. The van der Waals surface area contributed by atoms with Gasteiger partial charge in [0.25, 0.3) is 0 Å². The fourth-order valence-electron chi connectivity index (χ4n) is 2.78. The number of carbonyl (C=O) groups excluding carboxylic acids is 1. The Morgan fingerprint density at radius 2 is 2.06 bits per heavy atom. The lowest BCUT2D eigenvalue weighted by Gasteiger charge is -2.34. The molecule has 0 aliphatic heterocycles. The number of hydrogen-bond donors (Lipinski definition) is 0. The quantitative estimate of drug-likeness (QED) is 0.783. The molecule has 0 N–H and O–H groups in total. The lowest BCUT2D eigenvalue weighted by molar-refractivity contribution is -0.131. The van der Waals surface area contributed by atoms with Crippen molar-refractivity contribution >= 4 is 5.91 Å². The van der Waals surface area contributed by atoms with Gasteiger partial charge in [0.15, 0.2) is 0 Å². The molecule has 0 bridgehead atoms. The molecule has 1 aliphatic rings. The average Bonchev–Trinajstić information content (AvgIpc) is 2.35. The predicted octanol–water partition coefficient (Wildman–Crippen LogP) is 2.80. The zero-order chi connectivity index (χ0) is 12.3. The van der Waals surface area contributed by atoms with Crippen LogP contribution in [0, 0.1) is 0 Å². The lowest BCUT2D eigenvalue weighted by atomic mass is 9.87. The Bertz CT molecular complexity index is 400. The summed E-state index contributed by atoms with van der Waals surface area (Å²) in [7, 11) is 0. The Balaban J connectivity index is 2.13. The molecule has 1 aliphatic carbocycles. The SMILES string of the molecule is CCCN(C(C)=O)C1CCc2ccccc2C1. The van der Waals surface area contributed by atoms with E-state index < -0.39 is 0 Å². The van der Waals surface area contributed by atoms with Gasteiger partial charge in [-0.25, -0.2) is 0 Å². The fourth-order valence-corrected chi connectivity index (χ4v) is 2.78. The molecule has 0 saturated carbocycles. The number of aryl methyl sites for hydroxylation is 1. The van der Waals surface area contributed by atoms with Crippen molar-refractivity contribution in [3.63, 3.8) is 0 Å². The van der Waals surface area contributed by atoms with E-state index in [1.54, 1.807) is 6.92 Å². The van der Waals surface area contributed by atoms with Crippen molar-refractivity contribution in [3.8, 4) is 0 Å². The molecule has 0 fully saturated rings. The zero-order valence-corrected chi connectivity index (χ0v) is 10.8. The summed E-state index contributed by atoms with van der Waals surface area (Å²) >= 11 is 0. The second-order valence-electron chi connectivity index (χ2n) is 4.88. The van der Waals surface area contributed by atoms with Gasteiger partial charge in [0.2, 0.25) is 5.91 Å². The first kappa shape index (κ1) is 12.2. The number of amides is 1. The lowest BCUT2D eigenvalue weighted by Crippen LogP contribution is -2.42. The molecular formula is C15H21NO. The monoisotopic (exact) mass is 231 g/mol. The van der Waals surface area contributed by atoms with Crippen LogP contribution in [0.1, 0.15) is 37.8 Å². The molecule has 0 saturated heterocycles. The number of nitrogens with zero attached hydrogens (tertiary/aromatic N) is 1. The van der Waals surface area contributed by atoms with E-state index in [1.165, 1.54) is 11.1 Å². The van der Waals surface area contributed by atoms with Gasteiger partial charge in [-0.1, -0.05) is 31.2 Å². The zero-order valence-electron chi connectivity index (χ0n) is 10.8. The third-order valence-electron chi connectivity index (χ3n) is 3.63. The van der Waals surface area contributed by atoms with Crippen molar-refractivity contribution in [2.75, 3.05) is 6.54 Å². The van der Waals surface area contributed by atoms with E-state index in [1.807, 2.05) is 0 Å². The van der Waals surface area contributed by atoms with Gasteiger partial charge in [-0.15, -0.1) is 0 Å². The first-order chi connectivity index (χ1) is 8.22. The van der Waals surface area contributed by atoms with Crippen LogP contribution < -0.4 is 0 Å². The van der Waals surface area contributed by atoms with Crippen molar-refractivity contribution in [3.05, 3.63) is 35.4 Å². The van der Waals surface area contributed by atoms with Crippen LogP contribution in [0.5, 0.6) is 0 Å². The molecule has 1 aromatic carbocycles. The van der Waals surface area contributed by atoms with Gasteiger partial charge >= 0.3 is 0 Å². The summed E-state index contributed by atoms with van der Waals surface area (Å²) in [5.41, 5.74) is 2.88. The highest BCUT2D eigenvalue weighted by Crippen LogP contribution is 2.24. The Kier molecular flexibility index (Phi) is 3.82. The summed E-state index contributed by atoms with van der Waals surface area (Å²) in [5.74, 6) is 0.219. The van der Waals surface area contributed by atoms with E-state index in [2.05, 4.69) is 36.1 Å². The maximum atomic E-state index is 11.7. The fraction of sp³-hybridized carbons (Fsp3) is 0.533. The maximum absolute atomic E-state index is 11.7. The number of carbonyl (C=O) groups is 1. The Hall–Kier alpha value is -1.31. The van der Waals surface area contributed by atoms with Gasteiger partial charge in [0, 0.05) is 19.5 Å². The van der Waals surface area contributed by atoms with E-state index >= 15 is 0 Å². The van der Waals surface area contributed by atoms with Gasteiger partial charge in [0.1, 0.15) is 0 Å². The number of rotatable bonds is 3. The Morgan fingerprint density at radius 3 is 2.71 bits per heavy atom. The smallest absolute Gasteiger partial charge is 0.219 e. The minimum absolute atomic E-state index is 0.219. The van der Waals surface area contributed by atoms with Crippen LogP contribution in [0.25, 0.3) is 0 Å². The van der Waals surface area contributed by atoms with Gasteiger partial charge in [-0.05, 0) is 36.8 Å². The van der Waals surface area contributed by atoms with Crippen molar-refractivity contribution in [2.45, 2.75) is 45.6 Å². The summed E-state index contributed by atoms with van der Waals surface area (Å²) in [4.78, 5) is 13.7. The Labute approximate surface area is 104 Å². The molecule has 0 heterocycles. The number of fused-ring (bicyclic) bond motifs is 1. The van der Waals surface area contributed by atoms with E-state index in [0.717, 1.165) is 32.2 Å². The van der Waals surface area contributed by atoms with Crippen molar-refractivity contribution in [1.82, 2.24) is 4.90 Å². The van der Waals surface area contributed by atoms with Crippen molar-refractivity contribution in [2.24, 2.45) is 0 Å². The summed E-state index contributed by atoms with van der Waals surface area (Å²) < 4.78 is 0. The van der Waals surface area contributed by atoms with Crippen LogP contribution in [-0.2, 0) is 17.6 Å². The van der Waals surface area contributed by atoms with Crippen LogP contribution in [-0.4, -0.2) is 23.4 Å². The summed E-state index contributed by atoms with van der Waals surface area (Å²) in [5, 5.41) is 0. The molecular weight excluding hydrogens is 210 g/mol. The van der Waals surface area contributed by atoms with Crippen molar-refractivity contribution in [1.29, 1.82) is 0 Å². The normalized spacial score (nSPS) is 18.6. The van der Waals surface area contributed by atoms with E-state index in [0.29, 0.717) is 6.04 Å². The van der Waals surface area contributed by atoms with Crippen LogP contribution >= 0.6 is 0 Å². The van der Waals surface area contributed by atoms with Crippen LogP contribution in [0.15, 0.2) is 24.3 Å². The molecule has 1 amide bonds. The third-order valence-corrected chi connectivity index (χ3v) is 3.63. The minimum atomic E-state index is 0.219. The highest BCUT2D eigenvalue weighted by atomic mass is 16.2. The standard InChI is InChI=1S/C15H21NO/c1-3-10-16(12(2)17)15-9-8-13-6-4-5-7-14(13)11-15/h4-7,15H,3,8-11H2,1-2H3. The average molecular weight is 231 g/mol. The third kappa shape index (κ3) is 2.68. The number of hydrogen-bond acceptors (Lipinski definition) is 1. The van der Waals surface area contributed by atoms with Gasteiger partial charge in [-0.3, -0.25) is 4.79 Å². The second kappa shape index (κ2) is 5.35. The molecule has 0 spiro atoms. The topological polar surface area (TPSA) is 20.3 Å². The summed E-state index contributed by atoms with van der Waals surface area (Å²) in [6.07, 6.45) is 4.28. The largest absolute Gasteiger partial charge is 0.340 e. The summed E-state index contributed by atoms with van der Waals surface area (Å²) in [6.45, 7) is 4.71. The van der Waals surface area contributed by atoms with Crippen LogP contribution in [0.2, 0.25) is 0 Å². The van der Waals surface area contributed by atoms with Crippen LogP contribution in [0.3, 0.4) is 0 Å². The molecule has 1 aromatic rings. The predicted molar refractivity (Wildman–Crippen MR) is 69.9 cm³/mol. The second-order valence-corrected chi connectivity index (χ2v) is 4.88. The number of benzene rings is 1. The summed E-state index contributed by atoms with van der Waals surface area (Å²) in [6, 6.07) is 9.02. The molecule has 92 valence electrons. The van der Waals surface area contributed by atoms with Gasteiger partial charge in [0.05, 0.1) is 0 Å². The van der Waals surface area contributed by atoms with E-state index in [9.17, 15) is 4.79 Å². The molecule has 0 aromatic heterocycles. The molecule has 0 radical (unpaired) electrons. The maximum Gasteiger partial charge on any atom is 0.219 e. The first-order valence-corrected chi connectivity index (χ1v) is 6.56. The van der Waals surface area contributed by atoms with Gasteiger partial charge < -0.3 is 4.90 Å². The molecule has 2 nitrogen and oxygen atoms in total. The molecule has 2 heteroatoms.